The van der Waals surface area contributed by atoms with Crippen molar-refractivity contribution in [3.63, 3.8) is 0 Å². The van der Waals surface area contributed by atoms with Crippen LogP contribution in [-0.2, 0) is 14.3 Å². The minimum atomic E-state index is -0.881. The fourth-order valence-electron chi connectivity index (χ4n) is 3.30. The van der Waals surface area contributed by atoms with Crippen LogP contribution >= 0.6 is 0 Å². The Morgan fingerprint density at radius 2 is 1.21 bits per heavy atom. The zero-order chi connectivity index (χ0) is 21.6. The van der Waals surface area contributed by atoms with Gasteiger partial charge in [0.1, 0.15) is 12.7 Å². The second-order valence-electron chi connectivity index (χ2n) is 8.36. The number of esters is 1. The van der Waals surface area contributed by atoms with Crippen LogP contribution in [0.15, 0.2) is 0 Å². The molecule has 2 unspecified atom stereocenters. The average molecular weight is 417 g/mol. The van der Waals surface area contributed by atoms with Crippen LogP contribution in [0.25, 0.3) is 0 Å². The summed E-state index contributed by atoms with van der Waals surface area (Å²) in [6, 6.07) is 0. The first-order valence-corrected chi connectivity index (χ1v) is 12.2. The molecule has 0 aliphatic rings. The fraction of sp³-hybridized carbons (Fsp3) is 0.958. The molecule has 0 aliphatic carbocycles. The van der Waals surface area contributed by atoms with Gasteiger partial charge in [-0.15, -0.1) is 0 Å². The molecule has 0 spiro atoms. The van der Waals surface area contributed by atoms with Crippen molar-refractivity contribution in [2.75, 3.05) is 19.8 Å². The van der Waals surface area contributed by atoms with Crippen molar-refractivity contribution in [1.29, 1.82) is 0 Å². The summed E-state index contributed by atoms with van der Waals surface area (Å²) >= 11 is 0. The molecule has 174 valence electrons. The third kappa shape index (κ3) is 21.9. The molecule has 29 heavy (non-hydrogen) atoms. The van der Waals surface area contributed by atoms with Gasteiger partial charge in [-0.05, 0) is 13.3 Å². The van der Waals surface area contributed by atoms with Crippen LogP contribution in [0.2, 0.25) is 0 Å². The van der Waals surface area contributed by atoms with E-state index in [0.29, 0.717) is 6.42 Å². The Bertz CT molecular complexity index is 348. The van der Waals surface area contributed by atoms with Crippen LogP contribution in [-0.4, -0.2) is 48.2 Å². The second kappa shape index (κ2) is 22.0. The highest BCUT2D eigenvalue weighted by Gasteiger charge is 2.10. The van der Waals surface area contributed by atoms with Crippen molar-refractivity contribution in [2.45, 2.75) is 129 Å². The predicted octanol–water partition coefficient (Wildman–Crippen LogP) is 5.55. The maximum Gasteiger partial charge on any atom is 0.305 e. The number of carbonyl (C=O) groups excluding carboxylic acids is 1. The highest BCUT2D eigenvalue weighted by Crippen LogP contribution is 2.13. The standard InChI is InChI=1S/C24H48O5/c1-3-4-5-6-7-8-9-10-11-12-13-14-15-16-17-18-24(27)29-20-22(2)28-21-23(26)19-25/h22-23,25-26H,3-21H2,1-2H3. The highest BCUT2D eigenvalue weighted by atomic mass is 16.6. The largest absolute Gasteiger partial charge is 0.463 e. The van der Waals surface area contributed by atoms with Gasteiger partial charge < -0.3 is 19.7 Å². The topological polar surface area (TPSA) is 76.0 Å². The number of unbranched alkanes of at least 4 members (excludes halogenated alkanes) is 14. The van der Waals surface area contributed by atoms with Gasteiger partial charge in [-0.2, -0.15) is 0 Å². The van der Waals surface area contributed by atoms with Crippen molar-refractivity contribution in [2.24, 2.45) is 0 Å². The number of rotatable bonds is 22. The fourth-order valence-corrected chi connectivity index (χ4v) is 3.30. The van der Waals surface area contributed by atoms with E-state index in [1.165, 1.54) is 83.5 Å². The normalized spacial score (nSPS) is 13.4. The lowest BCUT2D eigenvalue weighted by Gasteiger charge is -2.15. The lowest BCUT2D eigenvalue weighted by molar-refractivity contribution is -0.148. The molecule has 0 aromatic rings. The van der Waals surface area contributed by atoms with Gasteiger partial charge in [0.25, 0.3) is 0 Å². The van der Waals surface area contributed by atoms with Gasteiger partial charge in [0.2, 0.25) is 0 Å². The number of carbonyl (C=O) groups is 1. The van der Waals surface area contributed by atoms with E-state index >= 15 is 0 Å². The van der Waals surface area contributed by atoms with Crippen molar-refractivity contribution in [3.05, 3.63) is 0 Å². The number of ether oxygens (including phenoxy) is 2. The zero-order valence-corrected chi connectivity index (χ0v) is 19.2. The molecular formula is C24H48O5. The molecule has 2 atom stereocenters. The smallest absolute Gasteiger partial charge is 0.305 e. The highest BCUT2D eigenvalue weighted by molar-refractivity contribution is 5.69. The molecule has 0 amide bonds. The Hall–Kier alpha value is -0.650. The van der Waals surface area contributed by atoms with Crippen LogP contribution in [0.5, 0.6) is 0 Å². The molecule has 0 aromatic heterocycles. The molecule has 0 bridgehead atoms. The molecule has 5 nitrogen and oxygen atoms in total. The molecule has 0 radical (unpaired) electrons. The van der Waals surface area contributed by atoms with Gasteiger partial charge in [-0.25, -0.2) is 0 Å². The van der Waals surface area contributed by atoms with Crippen molar-refractivity contribution in [3.8, 4) is 0 Å². The van der Waals surface area contributed by atoms with E-state index in [-0.39, 0.29) is 31.9 Å². The Kier molecular flexibility index (Phi) is 21.6. The number of hydrogen-bond donors (Lipinski definition) is 2. The molecule has 0 rings (SSSR count). The second-order valence-corrected chi connectivity index (χ2v) is 8.36. The summed E-state index contributed by atoms with van der Waals surface area (Å²) in [7, 11) is 0. The van der Waals surface area contributed by atoms with Crippen molar-refractivity contribution in [1.82, 2.24) is 0 Å². The van der Waals surface area contributed by atoms with Gasteiger partial charge in [0, 0.05) is 6.42 Å². The number of aliphatic hydroxyl groups is 2. The Morgan fingerprint density at radius 1 is 0.759 bits per heavy atom. The summed E-state index contributed by atoms with van der Waals surface area (Å²) in [6.07, 6.45) is 19.0. The predicted molar refractivity (Wildman–Crippen MR) is 119 cm³/mol. The van der Waals surface area contributed by atoms with Gasteiger partial charge in [-0.3, -0.25) is 4.79 Å². The minimum absolute atomic E-state index is 0.0499. The first-order chi connectivity index (χ1) is 14.1. The van der Waals surface area contributed by atoms with Gasteiger partial charge >= 0.3 is 5.97 Å². The Balaban J connectivity index is 3.26. The molecular weight excluding hydrogens is 368 g/mol. The van der Waals surface area contributed by atoms with Gasteiger partial charge in [-0.1, -0.05) is 96.8 Å². The molecule has 0 fully saturated rings. The molecule has 2 N–H and O–H groups in total. The molecule has 0 aliphatic heterocycles. The lowest BCUT2D eigenvalue weighted by Crippen LogP contribution is -2.26. The van der Waals surface area contributed by atoms with Crippen LogP contribution < -0.4 is 0 Å². The molecule has 0 saturated carbocycles. The minimum Gasteiger partial charge on any atom is -0.463 e. The molecule has 5 heteroatoms. The molecule has 0 heterocycles. The van der Waals surface area contributed by atoms with Crippen LogP contribution in [0.4, 0.5) is 0 Å². The monoisotopic (exact) mass is 416 g/mol. The van der Waals surface area contributed by atoms with Crippen LogP contribution in [0.3, 0.4) is 0 Å². The van der Waals surface area contributed by atoms with E-state index < -0.39 is 6.10 Å². The van der Waals surface area contributed by atoms with E-state index in [2.05, 4.69) is 6.92 Å². The van der Waals surface area contributed by atoms with E-state index in [4.69, 9.17) is 14.6 Å². The van der Waals surface area contributed by atoms with Gasteiger partial charge in [0.15, 0.2) is 0 Å². The van der Waals surface area contributed by atoms with Crippen LogP contribution in [0, 0.1) is 0 Å². The summed E-state index contributed by atoms with van der Waals surface area (Å²) in [5.74, 6) is -0.183. The number of aliphatic hydroxyl groups excluding tert-OH is 2. The van der Waals surface area contributed by atoms with Crippen LogP contribution in [0.1, 0.15) is 117 Å². The number of hydrogen-bond acceptors (Lipinski definition) is 5. The van der Waals surface area contributed by atoms with Crippen molar-refractivity contribution < 1.29 is 24.5 Å². The lowest BCUT2D eigenvalue weighted by atomic mass is 10.0. The van der Waals surface area contributed by atoms with Gasteiger partial charge in [0.05, 0.1) is 19.3 Å². The van der Waals surface area contributed by atoms with Crippen molar-refractivity contribution >= 4 is 5.97 Å². The summed E-state index contributed by atoms with van der Waals surface area (Å²) in [6.45, 7) is 3.96. The first-order valence-electron chi connectivity index (χ1n) is 12.2. The quantitative estimate of drug-likeness (QED) is 0.179. The zero-order valence-electron chi connectivity index (χ0n) is 19.2. The van der Waals surface area contributed by atoms with E-state index in [1.54, 1.807) is 6.92 Å². The Morgan fingerprint density at radius 3 is 1.66 bits per heavy atom. The summed E-state index contributed by atoms with van der Waals surface area (Å²) in [4.78, 5) is 11.7. The summed E-state index contributed by atoms with van der Waals surface area (Å²) in [5.41, 5.74) is 0. The first kappa shape index (κ1) is 28.4. The molecule has 0 aromatic carbocycles. The molecule has 0 saturated heterocycles. The SMILES string of the molecule is CCCCCCCCCCCCCCCCCC(=O)OCC(C)OCC(O)CO. The third-order valence-electron chi connectivity index (χ3n) is 5.25. The van der Waals surface area contributed by atoms with E-state index in [1.807, 2.05) is 0 Å². The van der Waals surface area contributed by atoms with E-state index in [9.17, 15) is 9.90 Å². The maximum atomic E-state index is 11.7. The summed E-state index contributed by atoms with van der Waals surface area (Å²) < 4.78 is 10.5. The average Bonchev–Trinajstić information content (AvgIpc) is 2.73. The third-order valence-corrected chi connectivity index (χ3v) is 5.25. The summed E-state index contributed by atoms with van der Waals surface area (Å²) in [5, 5.41) is 17.9. The maximum absolute atomic E-state index is 11.7. The Labute approximate surface area is 179 Å². The van der Waals surface area contributed by atoms with E-state index in [0.717, 1.165) is 12.8 Å².